The quantitative estimate of drug-likeness (QED) is 0.677. The summed E-state index contributed by atoms with van der Waals surface area (Å²) >= 11 is 3.18. The van der Waals surface area contributed by atoms with Crippen molar-refractivity contribution in [3.05, 3.63) is 58.4 Å². The largest absolute Gasteiger partial charge is 0.349 e. The van der Waals surface area contributed by atoms with E-state index in [1.807, 2.05) is 22.9 Å². The number of rotatable bonds is 6. The number of hydrogen-bond acceptors (Lipinski definition) is 5. The molecule has 0 unspecified atom stereocenters. The minimum absolute atomic E-state index is 0.0612. The van der Waals surface area contributed by atoms with Crippen LogP contribution in [0.5, 0.6) is 0 Å². The van der Waals surface area contributed by atoms with Gasteiger partial charge < -0.3 is 10.6 Å². The van der Waals surface area contributed by atoms with Crippen LogP contribution in [0.25, 0.3) is 9.88 Å². The van der Waals surface area contributed by atoms with Crippen molar-refractivity contribution < 1.29 is 9.59 Å². The molecule has 1 saturated carbocycles. The van der Waals surface area contributed by atoms with E-state index in [9.17, 15) is 9.59 Å². The molecule has 0 spiro atoms. The predicted octanol–water partition coefficient (Wildman–Crippen LogP) is 3.95. The lowest BCUT2D eigenvalue weighted by Crippen LogP contribution is -2.25. The van der Waals surface area contributed by atoms with Gasteiger partial charge in [-0.25, -0.2) is 4.98 Å². The zero-order valence-electron chi connectivity index (χ0n) is 13.9. The fraction of sp³-hybridized carbons (Fsp3) is 0.211. The van der Waals surface area contributed by atoms with E-state index in [-0.39, 0.29) is 18.2 Å². The summed E-state index contributed by atoms with van der Waals surface area (Å²) in [7, 11) is 0. The third-order valence-corrected chi connectivity index (χ3v) is 5.90. The van der Waals surface area contributed by atoms with Gasteiger partial charge in [-0.15, -0.1) is 22.7 Å². The van der Waals surface area contributed by atoms with Crippen molar-refractivity contribution in [1.29, 1.82) is 0 Å². The molecule has 1 aromatic carbocycles. The molecule has 7 heteroatoms. The van der Waals surface area contributed by atoms with Gasteiger partial charge in [-0.3, -0.25) is 9.59 Å². The number of hydrogen-bond donors (Lipinski definition) is 2. The molecule has 2 N–H and O–H groups in total. The van der Waals surface area contributed by atoms with Gasteiger partial charge in [0.05, 0.1) is 17.0 Å². The smallest absolute Gasteiger partial charge is 0.251 e. The Morgan fingerprint density at radius 1 is 1.12 bits per heavy atom. The fourth-order valence-electron chi connectivity index (χ4n) is 2.47. The van der Waals surface area contributed by atoms with Gasteiger partial charge in [-0.1, -0.05) is 6.07 Å². The number of nitrogens with one attached hydrogen (secondary N) is 2. The highest BCUT2D eigenvalue weighted by atomic mass is 32.1. The molecule has 5 nitrogen and oxygen atoms in total. The van der Waals surface area contributed by atoms with Crippen molar-refractivity contribution in [2.45, 2.75) is 25.3 Å². The zero-order valence-corrected chi connectivity index (χ0v) is 15.5. The monoisotopic (exact) mass is 383 g/mol. The highest BCUT2D eigenvalue weighted by Crippen LogP contribution is 2.28. The van der Waals surface area contributed by atoms with E-state index in [1.54, 1.807) is 46.9 Å². The van der Waals surface area contributed by atoms with Gasteiger partial charge in [-0.2, -0.15) is 0 Å². The summed E-state index contributed by atoms with van der Waals surface area (Å²) in [5.74, 6) is -0.183. The number of carbonyl (C=O) groups is 2. The van der Waals surface area contributed by atoms with Crippen LogP contribution >= 0.6 is 22.7 Å². The Kier molecular flexibility index (Phi) is 4.81. The normalized spacial score (nSPS) is 13.4. The van der Waals surface area contributed by atoms with Gasteiger partial charge in [0.1, 0.15) is 5.01 Å². The molecule has 0 saturated heterocycles. The van der Waals surface area contributed by atoms with Gasteiger partial charge in [0.2, 0.25) is 5.91 Å². The van der Waals surface area contributed by atoms with Crippen LogP contribution in [-0.4, -0.2) is 22.8 Å². The van der Waals surface area contributed by atoms with Gasteiger partial charge in [-0.05, 0) is 48.6 Å². The van der Waals surface area contributed by atoms with E-state index in [1.165, 1.54) is 0 Å². The molecule has 132 valence electrons. The molecular formula is C19H17N3O2S2. The van der Waals surface area contributed by atoms with Crippen molar-refractivity contribution >= 4 is 40.2 Å². The number of thiophene rings is 1. The molecule has 4 rings (SSSR count). The summed E-state index contributed by atoms with van der Waals surface area (Å²) in [5.41, 5.74) is 2.04. The molecule has 2 aromatic heterocycles. The lowest BCUT2D eigenvalue weighted by Gasteiger charge is -2.06. The zero-order chi connectivity index (χ0) is 17.9. The second-order valence-corrected chi connectivity index (χ2v) is 7.98. The maximum absolute atomic E-state index is 12.2. The standard InChI is InChI=1S/C19H17N3O2S2/c23-17(10-15-11-26-19(22-15)16-2-1-9-25-16)20-13-5-3-12(4-6-13)18(24)21-14-7-8-14/h1-6,9,11,14H,7-8,10H2,(H,20,23)(H,21,24). The Morgan fingerprint density at radius 3 is 2.62 bits per heavy atom. The molecule has 0 radical (unpaired) electrons. The molecule has 3 aromatic rings. The van der Waals surface area contributed by atoms with Gasteiger partial charge in [0, 0.05) is 22.7 Å². The van der Waals surface area contributed by atoms with Crippen LogP contribution in [0.2, 0.25) is 0 Å². The van der Waals surface area contributed by atoms with Crippen LogP contribution < -0.4 is 10.6 Å². The molecule has 2 heterocycles. The first-order chi connectivity index (χ1) is 12.7. The van der Waals surface area contributed by atoms with Crippen LogP contribution in [0, 0.1) is 0 Å². The van der Waals surface area contributed by atoms with Gasteiger partial charge in [0.15, 0.2) is 0 Å². The molecule has 1 aliphatic carbocycles. The van der Waals surface area contributed by atoms with Crippen molar-refractivity contribution in [3.63, 3.8) is 0 Å². The second kappa shape index (κ2) is 7.39. The highest BCUT2D eigenvalue weighted by molar-refractivity contribution is 7.20. The van der Waals surface area contributed by atoms with Crippen LogP contribution in [0.4, 0.5) is 5.69 Å². The van der Waals surface area contributed by atoms with Crippen molar-refractivity contribution in [1.82, 2.24) is 10.3 Å². The second-order valence-electron chi connectivity index (χ2n) is 6.17. The van der Waals surface area contributed by atoms with E-state index in [0.29, 0.717) is 17.3 Å². The van der Waals surface area contributed by atoms with E-state index < -0.39 is 0 Å². The van der Waals surface area contributed by atoms with E-state index in [0.717, 1.165) is 28.4 Å². The maximum Gasteiger partial charge on any atom is 0.251 e. The first-order valence-electron chi connectivity index (χ1n) is 8.36. The van der Waals surface area contributed by atoms with Crippen LogP contribution in [0.3, 0.4) is 0 Å². The number of benzene rings is 1. The third-order valence-electron chi connectivity index (χ3n) is 3.97. The molecule has 2 amide bonds. The van der Waals surface area contributed by atoms with Crippen molar-refractivity contribution in [2.75, 3.05) is 5.32 Å². The Labute approximate surface area is 159 Å². The van der Waals surface area contributed by atoms with Crippen LogP contribution in [-0.2, 0) is 11.2 Å². The lowest BCUT2D eigenvalue weighted by atomic mass is 10.2. The Bertz CT molecular complexity index is 913. The molecule has 1 fully saturated rings. The topological polar surface area (TPSA) is 71.1 Å². The van der Waals surface area contributed by atoms with Crippen molar-refractivity contribution in [3.8, 4) is 9.88 Å². The molecule has 1 aliphatic rings. The minimum atomic E-state index is -0.122. The van der Waals surface area contributed by atoms with Crippen molar-refractivity contribution in [2.24, 2.45) is 0 Å². The van der Waals surface area contributed by atoms with Crippen LogP contribution in [0.15, 0.2) is 47.2 Å². The molecular weight excluding hydrogens is 366 g/mol. The number of thiazole rings is 1. The Morgan fingerprint density at radius 2 is 1.92 bits per heavy atom. The highest BCUT2D eigenvalue weighted by Gasteiger charge is 2.23. The number of aromatic nitrogens is 1. The summed E-state index contributed by atoms with van der Waals surface area (Å²) in [5, 5.41) is 10.7. The minimum Gasteiger partial charge on any atom is -0.349 e. The number of carbonyl (C=O) groups excluding carboxylic acids is 2. The third kappa shape index (κ3) is 4.17. The Hall–Kier alpha value is -2.51. The summed E-state index contributed by atoms with van der Waals surface area (Å²) in [4.78, 5) is 29.8. The first-order valence-corrected chi connectivity index (χ1v) is 10.1. The fourth-order valence-corrected chi connectivity index (χ4v) is 4.11. The van der Waals surface area contributed by atoms with E-state index in [2.05, 4.69) is 15.6 Å². The van der Waals surface area contributed by atoms with Gasteiger partial charge in [0.25, 0.3) is 5.91 Å². The van der Waals surface area contributed by atoms with E-state index in [4.69, 9.17) is 0 Å². The maximum atomic E-state index is 12.2. The van der Waals surface area contributed by atoms with Crippen LogP contribution in [0.1, 0.15) is 28.9 Å². The molecule has 0 aliphatic heterocycles. The first kappa shape index (κ1) is 16.9. The summed E-state index contributed by atoms with van der Waals surface area (Å²) in [6.45, 7) is 0. The predicted molar refractivity (Wildman–Crippen MR) is 105 cm³/mol. The summed E-state index contributed by atoms with van der Waals surface area (Å²) in [6, 6.07) is 11.3. The SMILES string of the molecule is O=C(Cc1csc(-c2cccs2)n1)Nc1ccc(C(=O)NC2CC2)cc1. The van der Waals surface area contributed by atoms with Gasteiger partial charge >= 0.3 is 0 Å². The molecule has 26 heavy (non-hydrogen) atoms. The lowest BCUT2D eigenvalue weighted by molar-refractivity contribution is -0.115. The summed E-state index contributed by atoms with van der Waals surface area (Å²) in [6.07, 6.45) is 2.35. The summed E-state index contributed by atoms with van der Waals surface area (Å²) < 4.78 is 0. The average Bonchev–Trinajstić information content (AvgIpc) is 3.10. The number of nitrogens with zero attached hydrogens (tertiary/aromatic N) is 1. The van der Waals surface area contributed by atoms with E-state index >= 15 is 0 Å². The number of amides is 2. The number of anilines is 1. The molecule has 0 bridgehead atoms. The molecule has 0 atom stereocenters. The Balaban J connectivity index is 1.33. The average molecular weight is 383 g/mol.